The molecule has 0 radical (unpaired) electrons. The molecule has 0 spiro atoms. The second-order valence-electron chi connectivity index (χ2n) is 4.10. The molecule has 1 heterocycles. The van der Waals surface area contributed by atoms with Gasteiger partial charge in [0.25, 0.3) is 0 Å². The zero-order valence-electron chi connectivity index (χ0n) is 11.1. The summed E-state index contributed by atoms with van der Waals surface area (Å²) in [5.74, 6) is 5.15. The SMILES string of the molecule is N#Cc1cc(COc2cc(C#CCN)ccc2F)ccn1. The highest BCUT2D eigenvalue weighted by atomic mass is 19.1. The second kappa shape index (κ2) is 7.04. The molecule has 0 aliphatic rings. The van der Waals surface area contributed by atoms with Crippen molar-refractivity contribution in [1.29, 1.82) is 5.26 Å². The molecule has 0 aliphatic heterocycles. The van der Waals surface area contributed by atoms with E-state index in [1.54, 1.807) is 18.2 Å². The van der Waals surface area contributed by atoms with Crippen molar-refractivity contribution >= 4 is 0 Å². The van der Waals surface area contributed by atoms with E-state index in [4.69, 9.17) is 15.7 Å². The van der Waals surface area contributed by atoms with Gasteiger partial charge in [-0.15, -0.1) is 0 Å². The third kappa shape index (κ3) is 4.04. The molecule has 21 heavy (non-hydrogen) atoms. The maximum atomic E-state index is 13.7. The Morgan fingerprint density at radius 3 is 2.90 bits per heavy atom. The molecule has 0 amide bonds. The smallest absolute Gasteiger partial charge is 0.165 e. The van der Waals surface area contributed by atoms with E-state index in [1.165, 1.54) is 18.3 Å². The molecule has 0 bridgehead atoms. The maximum absolute atomic E-state index is 13.7. The van der Waals surface area contributed by atoms with Crippen molar-refractivity contribution in [2.75, 3.05) is 6.54 Å². The molecular weight excluding hydrogens is 269 g/mol. The Morgan fingerprint density at radius 1 is 1.29 bits per heavy atom. The van der Waals surface area contributed by atoms with Gasteiger partial charge < -0.3 is 10.5 Å². The Hall–Kier alpha value is -2.89. The summed E-state index contributed by atoms with van der Waals surface area (Å²) >= 11 is 0. The van der Waals surface area contributed by atoms with E-state index in [1.807, 2.05) is 6.07 Å². The standard InChI is InChI=1S/C16H12FN3O/c17-15-4-3-12(2-1-6-18)9-16(15)21-11-13-5-7-20-14(8-13)10-19/h3-5,7-9H,6,11,18H2. The highest BCUT2D eigenvalue weighted by Gasteiger charge is 2.05. The fraction of sp³-hybridized carbons (Fsp3) is 0.125. The third-order valence-corrected chi connectivity index (χ3v) is 2.60. The molecule has 2 N–H and O–H groups in total. The molecule has 5 heteroatoms. The molecule has 0 saturated heterocycles. The topological polar surface area (TPSA) is 71.9 Å². The summed E-state index contributed by atoms with van der Waals surface area (Å²) in [5, 5.41) is 8.77. The number of rotatable bonds is 3. The molecule has 1 aromatic carbocycles. The van der Waals surface area contributed by atoms with Crippen LogP contribution in [-0.4, -0.2) is 11.5 Å². The summed E-state index contributed by atoms with van der Waals surface area (Å²) in [7, 11) is 0. The summed E-state index contributed by atoms with van der Waals surface area (Å²) in [4.78, 5) is 3.86. The minimum Gasteiger partial charge on any atom is -0.486 e. The number of aromatic nitrogens is 1. The lowest BCUT2D eigenvalue weighted by molar-refractivity contribution is 0.290. The van der Waals surface area contributed by atoms with Crippen LogP contribution in [-0.2, 0) is 6.61 Å². The van der Waals surface area contributed by atoms with Gasteiger partial charge in [0.2, 0.25) is 0 Å². The first kappa shape index (κ1) is 14.5. The fourth-order valence-corrected chi connectivity index (χ4v) is 1.63. The van der Waals surface area contributed by atoms with Gasteiger partial charge in [-0.25, -0.2) is 9.37 Å². The van der Waals surface area contributed by atoms with E-state index in [0.29, 0.717) is 11.3 Å². The average Bonchev–Trinajstić information content (AvgIpc) is 2.53. The van der Waals surface area contributed by atoms with Gasteiger partial charge in [0.05, 0.1) is 6.54 Å². The molecule has 0 atom stereocenters. The molecule has 4 nitrogen and oxygen atoms in total. The van der Waals surface area contributed by atoms with Crippen molar-refractivity contribution in [1.82, 2.24) is 4.98 Å². The Bertz CT molecular complexity index is 741. The van der Waals surface area contributed by atoms with Gasteiger partial charge in [0.15, 0.2) is 11.6 Å². The van der Waals surface area contributed by atoms with Gasteiger partial charge >= 0.3 is 0 Å². The van der Waals surface area contributed by atoms with Crippen molar-refractivity contribution < 1.29 is 9.13 Å². The zero-order chi connectivity index (χ0) is 15.1. The molecule has 0 unspecified atom stereocenters. The predicted molar refractivity (Wildman–Crippen MR) is 75.6 cm³/mol. The first-order valence-corrected chi connectivity index (χ1v) is 6.19. The van der Waals surface area contributed by atoms with Gasteiger partial charge in [-0.1, -0.05) is 11.8 Å². The van der Waals surface area contributed by atoms with E-state index in [9.17, 15) is 4.39 Å². The second-order valence-corrected chi connectivity index (χ2v) is 4.10. The number of pyridine rings is 1. The largest absolute Gasteiger partial charge is 0.486 e. The molecule has 2 rings (SSSR count). The van der Waals surface area contributed by atoms with E-state index in [2.05, 4.69) is 16.8 Å². The van der Waals surface area contributed by atoms with E-state index < -0.39 is 5.82 Å². The Morgan fingerprint density at radius 2 is 2.14 bits per heavy atom. The van der Waals surface area contributed by atoms with Crippen LogP contribution in [0.25, 0.3) is 0 Å². The van der Waals surface area contributed by atoms with Gasteiger partial charge in [-0.3, -0.25) is 0 Å². The Balaban J connectivity index is 2.13. The lowest BCUT2D eigenvalue weighted by Crippen LogP contribution is -1.99. The van der Waals surface area contributed by atoms with Crippen molar-refractivity contribution in [3.8, 4) is 23.7 Å². The number of ether oxygens (including phenoxy) is 1. The van der Waals surface area contributed by atoms with Gasteiger partial charge in [-0.2, -0.15) is 5.26 Å². The van der Waals surface area contributed by atoms with Crippen LogP contribution < -0.4 is 10.5 Å². The molecule has 1 aromatic heterocycles. The summed E-state index contributed by atoms with van der Waals surface area (Å²) < 4.78 is 19.1. The molecule has 0 aliphatic carbocycles. The summed E-state index contributed by atoms with van der Waals surface area (Å²) in [6.07, 6.45) is 1.51. The van der Waals surface area contributed by atoms with Crippen LogP contribution in [0.3, 0.4) is 0 Å². The van der Waals surface area contributed by atoms with E-state index in [0.717, 1.165) is 5.56 Å². The Kier molecular flexibility index (Phi) is 4.87. The predicted octanol–water partition coefficient (Wildman–Crippen LogP) is 1.98. The van der Waals surface area contributed by atoms with Crippen LogP contribution in [0.5, 0.6) is 5.75 Å². The lowest BCUT2D eigenvalue weighted by Gasteiger charge is -2.07. The monoisotopic (exact) mass is 281 g/mol. The highest BCUT2D eigenvalue weighted by molar-refractivity contribution is 5.41. The van der Waals surface area contributed by atoms with Gasteiger partial charge in [0.1, 0.15) is 18.4 Å². The molecule has 0 fully saturated rings. The number of nitriles is 1. The highest BCUT2D eigenvalue weighted by Crippen LogP contribution is 2.19. The number of hydrogen-bond acceptors (Lipinski definition) is 4. The van der Waals surface area contributed by atoms with Crippen molar-refractivity contribution in [3.05, 3.63) is 59.2 Å². The number of nitrogens with two attached hydrogens (primary N) is 1. The quantitative estimate of drug-likeness (QED) is 0.873. The third-order valence-electron chi connectivity index (χ3n) is 2.60. The number of hydrogen-bond donors (Lipinski definition) is 1. The van der Waals surface area contributed by atoms with Crippen LogP contribution in [0.2, 0.25) is 0 Å². The molecule has 2 aromatic rings. The normalized spacial score (nSPS) is 9.38. The zero-order valence-corrected chi connectivity index (χ0v) is 11.1. The van der Waals surface area contributed by atoms with Crippen LogP contribution >= 0.6 is 0 Å². The van der Waals surface area contributed by atoms with Gasteiger partial charge in [0, 0.05) is 11.8 Å². The minimum atomic E-state index is -0.470. The van der Waals surface area contributed by atoms with Crippen LogP contribution in [0.15, 0.2) is 36.5 Å². The van der Waals surface area contributed by atoms with Crippen molar-refractivity contribution in [2.24, 2.45) is 5.73 Å². The average molecular weight is 281 g/mol. The van der Waals surface area contributed by atoms with Crippen molar-refractivity contribution in [3.63, 3.8) is 0 Å². The number of nitrogens with zero attached hydrogens (tertiary/aromatic N) is 2. The molecule has 104 valence electrons. The number of halogens is 1. The van der Waals surface area contributed by atoms with Crippen LogP contribution in [0.1, 0.15) is 16.8 Å². The summed E-state index contributed by atoms with van der Waals surface area (Å²) in [5.41, 5.74) is 6.95. The van der Waals surface area contributed by atoms with E-state index >= 15 is 0 Å². The fourth-order valence-electron chi connectivity index (χ4n) is 1.63. The molecular formula is C16H12FN3O. The van der Waals surface area contributed by atoms with E-state index in [-0.39, 0.29) is 18.9 Å². The summed E-state index contributed by atoms with van der Waals surface area (Å²) in [6.45, 7) is 0.378. The Labute approximate surface area is 122 Å². The molecule has 0 saturated carbocycles. The number of benzene rings is 1. The lowest BCUT2D eigenvalue weighted by atomic mass is 10.2. The van der Waals surface area contributed by atoms with Crippen LogP contribution in [0, 0.1) is 29.0 Å². The van der Waals surface area contributed by atoms with Crippen molar-refractivity contribution in [2.45, 2.75) is 6.61 Å². The maximum Gasteiger partial charge on any atom is 0.165 e. The van der Waals surface area contributed by atoms with Crippen LogP contribution in [0.4, 0.5) is 4.39 Å². The summed E-state index contributed by atoms with van der Waals surface area (Å²) in [6, 6.07) is 9.61. The minimum absolute atomic E-state index is 0.106. The first-order valence-electron chi connectivity index (χ1n) is 6.19. The van der Waals surface area contributed by atoms with Gasteiger partial charge in [-0.05, 0) is 35.9 Å². The first-order chi connectivity index (χ1) is 10.2.